The number of benzene rings is 2. The Kier molecular flexibility index (Phi) is 5.77. The maximum Gasteiger partial charge on any atom is 0.328 e. The van der Waals surface area contributed by atoms with Crippen molar-refractivity contribution in [3.63, 3.8) is 0 Å². The molecule has 2 rings (SSSR count). The van der Waals surface area contributed by atoms with E-state index in [4.69, 9.17) is 5.11 Å². The fraction of sp³-hybridized carbons (Fsp3) is 0.316. The van der Waals surface area contributed by atoms with Crippen LogP contribution in [0.1, 0.15) is 25.0 Å². The van der Waals surface area contributed by atoms with Gasteiger partial charge in [0, 0.05) is 24.5 Å². The van der Waals surface area contributed by atoms with Gasteiger partial charge in [-0.05, 0) is 50.6 Å². The van der Waals surface area contributed by atoms with Gasteiger partial charge in [0.2, 0.25) is 0 Å². The SMILES string of the molecule is CCN(C(=O)N(CC)c1ccc(CO)cc1)c1ccc(C)cc1. The minimum absolute atomic E-state index is 0.00476. The van der Waals surface area contributed by atoms with Crippen LogP contribution < -0.4 is 9.80 Å². The molecule has 0 aliphatic rings. The van der Waals surface area contributed by atoms with Gasteiger partial charge in [0.05, 0.1) is 6.61 Å². The van der Waals surface area contributed by atoms with Crippen molar-refractivity contribution in [3.8, 4) is 0 Å². The summed E-state index contributed by atoms with van der Waals surface area (Å²) in [6, 6.07) is 15.3. The molecule has 122 valence electrons. The molecule has 0 radical (unpaired) electrons. The minimum Gasteiger partial charge on any atom is -0.392 e. The van der Waals surface area contributed by atoms with Gasteiger partial charge in [0.25, 0.3) is 0 Å². The number of carbonyl (C=O) groups excluding carboxylic acids is 1. The first-order valence-corrected chi connectivity index (χ1v) is 7.96. The molecule has 0 aromatic heterocycles. The molecule has 0 saturated carbocycles. The van der Waals surface area contributed by atoms with Crippen LogP contribution in [0.2, 0.25) is 0 Å². The molecule has 1 N–H and O–H groups in total. The van der Waals surface area contributed by atoms with Gasteiger partial charge >= 0.3 is 6.03 Å². The van der Waals surface area contributed by atoms with Crippen LogP contribution >= 0.6 is 0 Å². The van der Waals surface area contributed by atoms with Crippen molar-refractivity contribution in [2.45, 2.75) is 27.4 Å². The van der Waals surface area contributed by atoms with Gasteiger partial charge in [0.1, 0.15) is 0 Å². The van der Waals surface area contributed by atoms with Crippen LogP contribution in [0.15, 0.2) is 48.5 Å². The Morgan fingerprint density at radius 3 is 1.70 bits per heavy atom. The van der Waals surface area contributed by atoms with E-state index in [0.717, 1.165) is 16.9 Å². The summed E-state index contributed by atoms with van der Waals surface area (Å²) in [5.41, 5.74) is 3.74. The molecule has 0 fully saturated rings. The molecule has 0 atom stereocenters. The lowest BCUT2D eigenvalue weighted by Crippen LogP contribution is -2.43. The molecular formula is C19H24N2O2. The molecule has 2 aromatic rings. The number of hydrogen-bond donors (Lipinski definition) is 1. The minimum atomic E-state index is -0.0457. The Morgan fingerprint density at radius 1 is 0.870 bits per heavy atom. The van der Waals surface area contributed by atoms with Gasteiger partial charge in [-0.15, -0.1) is 0 Å². The van der Waals surface area contributed by atoms with E-state index in [1.54, 1.807) is 9.80 Å². The van der Waals surface area contributed by atoms with Crippen LogP contribution in [-0.2, 0) is 6.61 Å². The molecule has 23 heavy (non-hydrogen) atoms. The van der Waals surface area contributed by atoms with Crippen molar-refractivity contribution in [3.05, 3.63) is 59.7 Å². The van der Waals surface area contributed by atoms with E-state index in [9.17, 15) is 4.79 Å². The molecule has 4 nitrogen and oxygen atoms in total. The number of hydrogen-bond acceptors (Lipinski definition) is 2. The first-order valence-electron chi connectivity index (χ1n) is 7.96. The van der Waals surface area contributed by atoms with Crippen molar-refractivity contribution in [1.29, 1.82) is 0 Å². The lowest BCUT2D eigenvalue weighted by Gasteiger charge is -2.29. The summed E-state index contributed by atoms with van der Waals surface area (Å²) < 4.78 is 0. The van der Waals surface area contributed by atoms with Crippen molar-refractivity contribution in [1.82, 2.24) is 0 Å². The van der Waals surface area contributed by atoms with E-state index in [0.29, 0.717) is 13.1 Å². The molecule has 2 aromatic carbocycles. The smallest absolute Gasteiger partial charge is 0.328 e. The fourth-order valence-corrected chi connectivity index (χ4v) is 2.51. The Morgan fingerprint density at radius 2 is 1.30 bits per heavy atom. The third-order valence-corrected chi connectivity index (χ3v) is 3.87. The summed E-state index contributed by atoms with van der Waals surface area (Å²) in [7, 11) is 0. The maximum atomic E-state index is 12.9. The zero-order valence-electron chi connectivity index (χ0n) is 14.0. The van der Waals surface area contributed by atoms with E-state index in [1.165, 1.54) is 5.56 Å². The van der Waals surface area contributed by atoms with E-state index in [1.807, 2.05) is 69.3 Å². The molecule has 2 amide bonds. The largest absolute Gasteiger partial charge is 0.392 e. The summed E-state index contributed by atoms with van der Waals surface area (Å²) in [5.74, 6) is 0. The fourth-order valence-electron chi connectivity index (χ4n) is 2.51. The van der Waals surface area contributed by atoms with Crippen molar-refractivity contribution in [2.24, 2.45) is 0 Å². The van der Waals surface area contributed by atoms with Gasteiger partial charge in [-0.2, -0.15) is 0 Å². The number of aliphatic hydroxyl groups excluding tert-OH is 1. The molecule has 0 bridgehead atoms. The number of nitrogens with zero attached hydrogens (tertiary/aromatic N) is 2. The zero-order chi connectivity index (χ0) is 16.8. The summed E-state index contributed by atoms with van der Waals surface area (Å²) >= 11 is 0. The number of urea groups is 1. The topological polar surface area (TPSA) is 43.8 Å². The average molecular weight is 312 g/mol. The number of anilines is 2. The Bertz CT molecular complexity index is 635. The highest BCUT2D eigenvalue weighted by molar-refractivity contribution is 6.03. The standard InChI is InChI=1S/C19H24N2O2/c1-4-20(17-10-6-15(3)7-11-17)19(23)21(5-2)18-12-8-16(14-22)9-13-18/h6-13,22H,4-5,14H2,1-3H3. The Balaban J connectivity index is 2.27. The third-order valence-electron chi connectivity index (χ3n) is 3.87. The van der Waals surface area contributed by atoms with Crippen LogP contribution in [0.25, 0.3) is 0 Å². The molecule has 0 saturated heterocycles. The van der Waals surface area contributed by atoms with Crippen LogP contribution in [-0.4, -0.2) is 24.2 Å². The second kappa shape index (κ2) is 7.79. The monoisotopic (exact) mass is 312 g/mol. The quantitative estimate of drug-likeness (QED) is 0.908. The number of aryl methyl sites for hydroxylation is 1. The summed E-state index contributed by atoms with van der Waals surface area (Å²) in [6.07, 6.45) is 0. The predicted molar refractivity (Wildman–Crippen MR) is 95.0 cm³/mol. The summed E-state index contributed by atoms with van der Waals surface area (Å²) in [6.45, 7) is 7.15. The summed E-state index contributed by atoms with van der Waals surface area (Å²) in [4.78, 5) is 16.5. The van der Waals surface area contributed by atoms with Crippen molar-refractivity contribution < 1.29 is 9.90 Å². The number of rotatable bonds is 5. The molecule has 4 heteroatoms. The molecular weight excluding hydrogens is 288 g/mol. The lowest BCUT2D eigenvalue weighted by molar-refractivity contribution is 0.252. The van der Waals surface area contributed by atoms with Crippen LogP contribution in [0.4, 0.5) is 16.2 Å². The first-order chi connectivity index (χ1) is 11.1. The van der Waals surface area contributed by atoms with E-state index in [-0.39, 0.29) is 12.6 Å². The molecule has 0 aliphatic heterocycles. The van der Waals surface area contributed by atoms with Gasteiger partial charge in [-0.3, -0.25) is 9.80 Å². The van der Waals surface area contributed by atoms with Gasteiger partial charge in [-0.25, -0.2) is 4.79 Å². The highest BCUT2D eigenvalue weighted by Gasteiger charge is 2.21. The molecule has 0 heterocycles. The van der Waals surface area contributed by atoms with Gasteiger partial charge < -0.3 is 5.11 Å². The van der Waals surface area contributed by atoms with Gasteiger partial charge in [0.15, 0.2) is 0 Å². The van der Waals surface area contributed by atoms with Crippen LogP contribution in [0, 0.1) is 6.92 Å². The Hall–Kier alpha value is -2.33. The van der Waals surface area contributed by atoms with Crippen LogP contribution in [0.5, 0.6) is 0 Å². The van der Waals surface area contributed by atoms with Gasteiger partial charge in [-0.1, -0.05) is 29.8 Å². The van der Waals surface area contributed by atoms with E-state index >= 15 is 0 Å². The third kappa shape index (κ3) is 3.90. The number of amides is 2. The molecule has 0 unspecified atom stereocenters. The second-order valence-electron chi connectivity index (χ2n) is 5.43. The predicted octanol–water partition coefficient (Wildman–Crippen LogP) is 3.96. The maximum absolute atomic E-state index is 12.9. The van der Waals surface area contributed by atoms with E-state index < -0.39 is 0 Å². The first kappa shape index (κ1) is 17.0. The highest BCUT2D eigenvalue weighted by atomic mass is 16.3. The van der Waals surface area contributed by atoms with Crippen molar-refractivity contribution >= 4 is 17.4 Å². The number of aliphatic hydroxyl groups is 1. The average Bonchev–Trinajstić information content (AvgIpc) is 2.58. The summed E-state index contributed by atoms with van der Waals surface area (Å²) in [5, 5.41) is 9.14. The zero-order valence-corrected chi connectivity index (χ0v) is 14.0. The molecule has 0 aliphatic carbocycles. The van der Waals surface area contributed by atoms with Crippen molar-refractivity contribution in [2.75, 3.05) is 22.9 Å². The number of carbonyl (C=O) groups is 1. The Labute approximate surface area is 138 Å². The second-order valence-corrected chi connectivity index (χ2v) is 5.43. The van der Waals surface area contributed by atoms with E-state index in [2.05, 4.69) is 0 Å². The van der Waals surface area contributed by atoms with Crippen LogP contribution in [0.3, 0.4) is 0 Å². The lowest BCUT2D eigenvalue weighted by atomic mass is 10.2. The molecule has 0 spiro atoms. The highest BCUT2D eigenvalue weighted by Crippen LogP contribution is 2.21. The normalized spacial score (nSPS) is 10.4.